The lowest BCUT2D eigenvalue weighted by atomic mass is 10.00. The molecule has 0 fully saturated rings. The number of benzene rings is 4. The third kappa shape index (κ3) is 3.44. The first kappa shape index (κ1) is 25.3. The number of aliphatic imine (C=N–C) groups is 1. The summed E-state index contributed by atoms with van der Waals surface area (Å²) in [7, 11) is 0. The molecule has 10 rings (SSSR count). The maximum Gasteiger partial charge on any atom is 0.0963 e. The zero-order valence-corrected chi connectivity index (χ0v) is 25.2. The molecule has 6 heterocycles. The van der Waals surface area contributed by atoms with Crippen LogP contribution < -0.4 is 0 Å². The molecule has 9 aromatic rings. The van der Waals surface area contributed by atoms with Gasteiger partial charge in [-0.15, -0.1) is 0 Å². The van der Waals surface area contributed by atoms with Crippen molar-refractivity contribution < 1.29 is 0 Å². The van der Waals surface area contributed by atoms with Gasteiger partial charge in [-0.3, -0.25) is 15.0 Å². The van der Waals surface area contributed by atoms with Crippen LogP contribution in [0.15, 0.2) is 133 Å². The highest BCUT2D eigenvalue weighted by Gasteiger charge is 2.26. The summed E-state index contributed by atoms with van der Waals surface area (Å²) in [6, 6.07) is 41.1. The van der Waals surface area contributed by atoms with E-state index in [9.17, 15) is 0 Å². The largest absolute Gasteiger partial charge is 0.311 e. The fraction of sp³-hybridized carbons (Fsp3) is 0.0750. The van der Waals surface area contributed by atoms with Crippen LogP contribution in [0.4, 0.5) is 5.69 Å². The highest BCUT2D eigenvalue weighted by molar-refractivity contribution is 6.08. The van der Waals surface area contributed by atoms with Crippen LogP contribution in [0.1, 0.15) is 25.0 Å². The first-order valence-electron chi connectivity index (χ1n) is 15.8. The van der Waals surface area contributed by atoms with E-state index in [1.54, 1.807) is 0 Å². The van der Waals surface area contributed by atoms with E-state index in [2.05, 4.69) is 130 Å². The van der Waals surface area contributed by atoms with Crippen LogP contribution in [0.2, 0.25) is 0 Å². The lowest BCUT2D eigenvalue weighted by molar-refractivity contribution is 0.747. The molecule has 0 amide bonds. The highest BCUT2D eigenvalue weighted by atomic mass is 15.1. The Kier molecular flexibility index (Phi) is 5.23. The number of hydrogen-bond donors (Lipinski definition) is 0. The van der Waals surface area contributed by atoms with E-state index in [0.717, 1.165) is 78.6 Å². The first-order valence-corrected chi connectivity index (χ1v) is 15.8. The normalized spacial score (nSPS) is 14.7. The van der Waals surface area contributed by atoms with Crippen molar-refractivity contribution >= 4 is 66.7 Å². The van der Waals surface area contributed by atoms with E-state index in [-0.39, 0.29) is 0 Å². The molecule has 0 bridgehead atoms. The molecule has 0 radical (unpaired) electrons. The van der Waals surface area contributed by atoms with Gasteiger partial charge >= 0.3 is 0 Å². The van der Waals surface area contributed by atoms with Crippen LogP contribution in [0.25, 0.3) is 71.8 Å². The lowest BCUT2D eigenvalue weighted by Gasteiger charge is -2.21. The van der Waals surface area contributed by atoms with Crippen molar-refractivity contribution in [3.63, 3.8) is 0 Å². The van der Waals surface area contributed by atoms with Crippen molar-refractivity contribution in [1.82, 2.24) is 23.7 Å². The molecule has 1 aliphatic rings. The van der Waals surface area contributed by atoms with Crippen molar-refractivity contribution in [1.29, 1.82) is 0 Å². The third-order valence-electron chi connectivity index (χ3n) is 9.55. The molecular formula is C40H28N6. The van der Waals surface area contributed by atoms with Crippen LogP contribution in [-0.2, 0) is 0 Å². The second-order valence-electron chi connectivity index (χ2n) is 12.2. The van der Waals surface area contributed by atoms with E-state index in [1.807, 2.05) is 24.5 Å². The summed E-state index contributed by atoms with van der Waals surface area (Å²) < 4.78 is 7.16. The van der Waals surface area contributed by atoms with Gasteiger partial charge in [0, 0.05) is 40.7 Å². The van der Waals surface area contributed by atoms with Crippen LogP contribution in [-0.4, -0.2) is 29.9 Å². The Morgan fingerprint density at radius 3 is 1.54 bits per heavy atom. The van der Waals surface area contributed by atoms with Crippen molar-refractivity contribution in [2.45, 2.75) is 19.3 Å². The number of para-hydroxylation sites is 3. The van der Waals surface area contributed by atoms with E-state index < -0.39 is 0 Å². The maximum absolute atomic E-state index is 4.95. The molecule has 0 aliphatic carbocycles. The summed E-state index contributed by atoms with van der Waals surface area (Å²) in [6.07, 6.45) is 6.74. The molecule has 6 nitrogen and oxygen atoms in total. The molecule has 0 saturated heterocycles. The molecule has 1 aliphatic heterocycles. The number of hydrogen-bond acceptors (Lipinski definition) is 3. The molecule has 0 N–H and O–H groups in total. The molecule has 6 heteroatoms. The zero-order chi connectivity index (χ0) is 30.4. The molecule has 0 saturated carbocycles. The standard InChI is InChI=1S/C40H28N6/c1-25-18-21-43-39-31-12-4-7-15-34(31)46(40(25)39)28-23-26(44-32-13-5-2-10-29(32)37-35(44)16-8-19-41-37)22-27(24-28)45-33-14-6-3-11-30(33)38-36(45)17-9-20-42-38/h2-17,19-25H,18H2,1H3. The predicted molar refractivity (Wildman–Crippen MR) is 189 cm³/mol. The lowest BCUT2D eigenvalue weighted by Crippen LogP contribution is -2.09. The van der Waals surface area contributed by atoms with E-state index in [4.69, 9.17) is 15.0 Å². The zero-order valence-electron chi connectivity index (χ0n) is 25.2. The fourth-order valence-electron chi connectivity index (χ4n) is 7.61. The van der Waals surface area contributed by atoms with Crippen LogP contribution in [0.5, 0.6) is 0 Å². The Hall–Kier alpha value is -6.01. The van der Waals surface area contributed by atoms with E-state index in [1.165, 1.54) is 11.1 Å². The second-order valence-corrected chi connectivity index (χ2v) is 12.2. The molecule has 4 aromatic carbocycles. The Labute approximate surface area is 264 Å². The number of rotatable bonds is 3. The Balaban J connectivity index is 1.37. The molecule has 46 heavy (non-hydrogen) atoms. The van der Waals surface area contributed by atoms with E-state index >= 15 is 0 Å². The van der Waals surface area contributed by atoms with Gasteiger partial charge in [-0.2, -0.15) is 0 Å². The van der Waals surface area contributed by atoms with Crippen molar-refractivity contribution in [3.05, 3.63) is 133 Å². The third-order valence-corrected chi connectivity index (χ3v) is 9.55. The molecule has 1 unspecified atom stereocenters. The highest BCUT2D eigenvalue weighted by Crippen LogP contribution is 2.44. The minimum absolute atomic E-state index is 0.321. The van der Waals surface area contributed by atoms with Crippen LogP contribution in [0, 0.1) is 0 Å². The summed E-state index contributed by atoms with van der Waals surface area (Å²) in [5, 5.41) is 3.45. The number of aromatic nitrogens is 5. The van der Waals surface area contributed by atoms with Gasteiger partial charge in [0.15, 0.2) is 0 Å². The average Bonchev–Trinajstić information content (AvgIpc) is 3.75. The van der Waals surface area contributed by atoms with Gasteiger partial charge in [0.2, 0.25) is 0 Å². The van der Waals surface area contributed by atoms with Gasteiger partial charge in [0.25, 0.3) is 0 Å². The van der Waals surface area contributed by atoms with E-state index in [0.29, 0.717) is 5.92 Å². The molecule has 1 atom stereocenters. The average molecular weight is 593 g/mol. The van der Waals surface area contributed by atoms with Crippen molar-refractivity contribution in [2.75, 3.05) is 0 Å². The van der Waals surface area contributed by atoms with Crippen LogP contribution in [0.3, 0.4) is 0 Å². The Bertz CT molecular complexity index is 2460. The van der Waals surface area contributed by atoms with Gasteiger partial charge in [-0.25, -0.2) is 0 Å². The minimum Gasteiger partial charge on any atom is -0.311 e. The van der Waals surface area contributed by atoms with Crippen molar-refractivity contribution in [3.8, 4) is 17.1 Å². The quantitative estimate of drug-likeness (QED) is 0.205. The molecule has 5 aromatic heterocycles. The van der Waals surface area contributed by atoms with Crippen molar-refractivity contribution in [2.24, 2.45) is 4.99 Å². The Morgan fingerprint density at radius 1 is 0.522 bits per heavy atom. The number of pyridine rings is 2. The van der Waals surface area contributed by atoms with Crippen LogP contribution >= 0.6 is 0 Å². The Morgan fingerprint density at radius 2 is 0.978 bits per heavy atom. The fourth-order valence-corrected chi connectivity index (χ4v) is 7.61. The van der Waals surface area contributed by atoms with Gasteiger partial charge in [0.1, 0.15) is 0 Å². The minimum atomic E-state index is 0.321. The number of nitrogens with zero attached hydrogens (tertiary/aromatic N) is 6. The molecule has 218 valence electrons. The monoisotopic (exact) mass is 592 g/mol. The molecule has 0 spiro atoms. The summed E-state index contributed by atoms with van der Waals surface area (Å²) in [5.74, 6) is 0.321. The summed E-state index contributed by atoms with van der Waals surface area (Å²) in [6.45, 7) is 2.31. The second kappa shape index (κ2) is 9.49. The van der Waals surface area contributed by atoms with Gasteiger partial charge in [0.05, 0.1) is 67.1 Å². The topological polar surface area (TPSA) is 52.9 Å². The first-order chi connectivity index (χ1) is 22.8. The molecular weight excluding hydrogens is 564 g/mol. The van der Waals surface area contributed by atoms with Gasteiger partial charge in [-0.1, -0.05) is 61.5 Å². The number of fused-ring (bicyclic) bond motifs is 9. The smallest absolute Gasteiger partial charge is 0.0963 e. The van der Waals surface area contributed by atoms with Gasteiger partial charge in [-0.05, 0) is 67.1 Å². The van der Waals surface area contributed by atoms with Gasteiger partial charge < -0.3 is 13.7 Å². The predicted octanol–water partition coefficient (Wildman–Crippen LogP) is 9.82. The summed E-state index contributed by atoms with van der Waals surface area (Å²) in [4.78, 5) is 14.6. The SMILES string of the molecule is CC1CC=Nc2c1n(-c1cc(-n3c4ccccc4c4ncccc43)cc(-n3c4ccccc4c4ncccc43)c1)c1ccccc21. The summed E-state index contributed by atoms with van der Waals surface area (Å²) >= 11 is 0. The maximum atomic E-state index is 4.95. The summed E-state index contributed by atoms with van der Waals surface area (Å²) in [5.41, 5.74) is 13.1.